The van der Waals surface area contributed by atoms with E-state index in [1.807, 2.05) is 6.92 Å². The lowest BCUT2D eigenvalue weighted by Gasteiger charge is -2.06. The Morgan fingerprint density at radius 2 is 2.00 bits per heavy atom. The Labute approximate surface area is 142 Å². The lowest BCUT2D eigenvalue weighted by Crippen LogP contribution is -2.20. The van der Waals surface area contributed by atoms with Crippen molar-refractivity contribution in [2.24, 2.45) is 7.05 Å². The summed E-state index contributed by atoms with van der Waals surface area (Å²) in [6.45, 7) is 4.86. The van der Waals surface area contributed by atoms with Crippen LogP contribution in [0.3, 0.4) is 0 Å². The van der Waals surface area contributed by atoms with Crippen LogP contribution in [0.25, 0.3) is 11.0 Å². The molecule has 10 nitrogen and oxygen atoms in total. The Bertz CT molecular complexity index is 1000. The molecule has 0 bridgehead atoms. The lowest BCUT2D eigenvalue weighted by atomic mass is 10.2. The van der Waals surface area contributed by atoms with E-state index in [-0.39, 0.29) is 23.8 Å². The van der Waals surface area contributed by atoms with Crippen molar-refractivity contribution >= 4 is 28.3 Å². The minimum Gasteiger partial charge on any atom is -0.323 e. The third-order valence-electron chi connectivity index (χ3n) is 3.97. The first-order valence-corrected chi connectivity index (χ1v) is 7.55. The van der Waals surface area contributed by atoms with Gasteiger partial charge in [-0.3, -0.25) is 24.3 Å². The summed E-state index contributed by atoms with van der Waals surface area (Å²) in [6, 6.07) is 1.80. The third kappa shape index (κ3) is 2.93. The van der Waals surface area contributed by atoms with Gasteiger partial charge in [0.25, 0.3) is 0 Å². The molecular weight excluding hydrogens is 326 g/mol. The fourth-order valence-corrected chi connectivity index (χ4v) is 2.82. The average molecular weight is 343 g/mol. The summed E-state index contributed by atoms with van der Waals surface area (Å²) in [5.41, 5.74) is 2.63. The fourth-order valence-electron chi connectivity index (χ4n) is 2.82. The molecule has 0 unspecified atom stereocenters. The van der Waals surface area contributed by atoms with Crippen LogP contribution in [-0.2, 0) is 18.4 Å². The maximum atomic E-state index is 12.3. The Morgan fingerprint density at radius 1 is 1.28 bits per heavy atom. The first-order chi connectivity index (χ1) is 11.8. The summed E-state index contributed by atoms with van der Waals surface area (Å²) >= 11 is 0. The van der Waals surface area contributed by atoms with Crippen molar-refractivity contribution in [2.45, 2.75) is 27.3 Å². The zero-order chi connectivity index (χ0) is 18.3. The number of nitrogens with zero attached hydrogens (tertiary/aromatic N) is 6. The van der Waals surface area contributed by atoms with Gasteiger partial charge in [-0.15, -0.1) is 0 Å². The van der Waals surface area contributed by atoms with Crippen LogP contribution in [0.15, 0.2) is 12.3 Å². The molecule has 3 rings (SSSR count). The predicted molar refractivity (Wildman–Crippen MR) is 90.2 cm³/mol. The largest absolute Gasteiger partial charge is 0.323 e. The maximum absolute atomic E-state index is 12.3. The Kier molecular flexibility index (Phi) is 3.95. The number of nitrogens with one attached hydrogen (secondary N) is 1. The van der Waals surface area contributed by atoms with Gasteiger partial charge in [0.05, 0.1) is 22.5 Å². The molecule has 130 valence electrons. The van der Waals surface area contributed by atoms with Crippen LogP contribution in [-0.4, -0.2) is 35.4 Å². The number of amides is 1. The van der Waals surface area contributed by atoms with Crippen LogP contribution < -0.4 is 5.32 Å². The Balaban J connectivity index is 1.80. The Hall–Kier alpha value is -3.30. The van der Waals surface area contributed by atoms with Crippen molar-refractivity contribution in [3.63, 3.8) is 0 Å². The zero-order valence-electron chi connectivity index (χ0n) is 14.3. The molecule has 1 N–H and O–H groups in total. The SMILES string of the molecule is Cc1nn(CC(=O)Nc2cnc3c(c2)c(C)nn3C)c(C)c1[N+](=O)[O-]. The number of carbonyl (C=O) groups is 1. The molecule has 0 saturated carbocycles. The molecule has 0 spiro atoms. The van der Waals surface area contributed by atoms with Crippen LogP contribution in [0, 0.1) is 30.9 Å². The molecule has 25 heavy (non-hydrogen) atoms. The number of anilines is 1. The van der Waals surface area contributed by atoms with E-state index in [0.29, 0.717) is 11.4 Å². The van der Waals surface area contributed by atoms with E-state index < -0.39 is 4.92 Å². The van der Waals surface area contributed by atoms with Gasteiger partial charge in [-0.25, -0.2) is 4.98 Å². The average Bonchev–Trinajstić information content (AvgIpc) is 2.95. The second-order valence-corrected chi connectivity index (χ2v) is 5.79. The number of rotatable bonds is 4. The highest BCUT2D eigenvalue weighted by Crippen LogP contribution is 2.22. The molecule has 0 aliphatic rings. The molecule has 0 atom stereocenters. The molecule has 3 heterocycles. The van der Waals surface area contributed by atoms with Crippen LogP contribution in [0.2, 0.25) is 0 Å². The zero-order valence-corrected chi connectivity index (χ0v) is 14.3. The first-order valence-electron chi connectivity index (χ1n) is 7.55. The molecule has 0 aliphatic carbocycles. The van der Waals surface area contributed by atoms with E-state index in [0.717, 1.165) is 16.7 Å². The molecule has 0 aliphatic heterocycles. The molecule has 1 amide bonds. The van der Waals surface area contributed by atoms with Crippen molar-refractivity contribution in [3.8, 4) is 0 Å². The number of carbonyl (C=O) groups excluding carboxylic acids is 1. The summed E-state index contributed by atoms with van der Waals surface area (Å²) < 4.78 is 3.00. The van der Waals surface area contributed by atoms with Gasteiger partial charge in [0, 0.05) is 12.4 Å². The minimum absolute atomic E-state index is 0.0677. The van der Waals surface area contributed by atoms with E-state index in [9.17, 15) is 14.9 Å². The van der Waals surface area contributed by atoms with E-state index in [4.69, 9.17) is 0 Å². The Morgan fingerprint density at radius 3 is 2.64 bits per heavy atom. The van der Waals surface area contributed by atoms with Crippen LogP contribution in [0.1, 0.15) is 17.1 Å². The monoisotopic (exact) mass is 343 g/mol. The predicted octanol–water partition coefficient (Wildman–Crippen LogP) is 1.64. The number of fused-ring (bicyclic) bond motifs is 1. The lowest BCUT2D eigenvalue weighted by molar-refractivity contribution is -0.386. The molecule has 3 aromatic heterocycles. The van der Waals surface area contributed by atoms with Gasteiger partial charge in [0.2, 0.25) is 5.91 Å². The summed E-state index contributed by atoms with van der Waals surface area (Å²) in [7, 11) is 1.80. The second kappa shape index (κ2) is 5.96. The topological polar surface area (TPSA) is 121 Å². The van der Waals surface area contributed by atoms with Gasteiger partial charge in [-0.1, -0.05) is 0 Å². The van der Waals surface area contributed by atoms with Gasteiger partial charge in [-0.05, 0) is 26.8 Å². The van der Waals surface area contributed by atoms with Gasteiger partial charge in [0.1, 0.15) is 17.9 Å². The molecule has 3 aromatic rings. The summed E-state index contributed by atoms with van der Waals surface area (Å²) in [5, 5.41) is 23.0. The molecule has 0 radical (unpaired) electrons. The molecular formula is C15H17N7O3. The summed E-state index contributed by atoms with van der Waals surface area (Å²) in [6.07, 6.45) is 1.55. The van der Waals surface area contributed by atoms with Gasteiger partial charge in [0.15, 0.2) is 5.65 Å². The summed E-state index contributed by atoms with van der Waals surface area (Å²) in [5.74, 6) is -0.344. The second-order valence-electron chi connectivity index (χ2n) is 5.79. The molecule has 10 heteroatoms. The number of hydrogen-bond acceptors (Lipinski definition) is 6. The fraction of sp³-hybridized carbons (Fsp3) is 0.333. The van der Waals surface area contributed by atoms with E-state index in [1.54, 1.807) is 37.8 Å². The highest BCUT2D eigenvalue weighted by Gasteiger charge is 2.22. The van der Waals surface area contributed by atoms with E-state index >= 15 is 0 Å². The number of aryl methyl sites for hydroxylation is 3. The van der Waals surface area contributed by atoms with Gasteiger partial charge < -0.3 is 5.32 Å². The van der Waals surface area contributed by atoms with Gasteiger partial charge >= 0.3 is 5.69 Å². The van der Waals surface area contributed by atoms with Crippen LogP contribution in [0.5, 0.6) is 0 Å². The standard InChI is InChI=1S/C15H17N7O3/c1-8-12-5-11(6-16-15(12)20(4)18-8)17-13(23)7-21-10(3)14(22(24)25)9(2)19-21/h5-6H,7H2,1-4H3,(H,17,23). The van der Waals surface area contributed by atoms with Crippen molar-refractivity contribution < 1.29 is 9.72 Å². The first kappa shape index (κ1) is 16.6. The minimum atomic E-state index is -0.491. The number of nitro groups is 1. The highest BCUT2D eigenvalue weighted by atomic mass is 16.6. The molecule has 0 aromatic carbocycles. The van der Waals surface area contributed by atoms with Crippen molar-refractivity contribution in [2.75, 3.05) is 5.32 Å². The third-order valence-corrected chi connectivity index (χ3v) is 3.97. The number of pyridine rings is 1. The molecule has 0 saturated heterocycles. The number of hydrogen-bond donors (Lipinski definition) is 1. The number of aromatic nitrogens is 5. The normalized spacial score (nSPS) is 11.0. The van der Waals surface area contributed by atoms with Crippen molar-refractivity contribution in [1.82, 2.24) is 24.5 Å². The van der Waals surface area contributed by atoms with Crippen molar-refractivity contribution in [3.05, 3.63) is 39.5 Å². The van der Waals surface area contributed by atoms with Crippen LogP contribution in [0.4, 0.5) is 11.4 Å². The van der Waals surface area contributed by atoms with Gasteiger partial charge in [-0.2, -0.15) is 10.2 Å². The quantitative estimate of drug-likeness (QED) is 0.568. The maximum Gasteiger partial charge on any atom is 0.312 e. The van der Waals surface area contributed by atoms with E-state index in [1.165, 1.54) is 4.68 Å². The molecule has 0 fully saturated rings. The smallest absolute Gasteiger partial charge is 0.312 e. The van der Waals surface area contributed by atoms with Crippen LogP contribution >= 0.6 is 0 Å². The van der Waals surface area contributed by atoms with E-state index in [2.05, 4.69) is 20.5 Å². The summed E-state index contributed by atoms with van der Waals surface area (Å²) in [4.78, 5) is 27.1. The van der Waals surface area contributed by atoms with Crippen molar-refractivity contribution in [1.29, 1.82) is 0 Å². The highest BCUT2D eigenvalue weighted by molar-refractivity contribution is 5.93.